The van der Waals surface area contributed by atoms with Crippen molar-refractivity contribution in [3.63, 3.8) is 0 Å². The summed E-state index contributed by atoms with van der Waals surface area (Å²) in [4.78, 5) is 48.7. The van der Waals surface area contributed by atoms with Gasteiger partial charge in [0.05, 0.1) is 5.92 Å². The van der Waals surface area contributed by atoms with Crippen LogP contribution in [0.3, 0.4) is 0 Å². The van der Waals surface area contributed by atoms with Crippen LogP contribution < -0.4 is 18.9 Å². The third-order valence-corrected chi connectivity index (χ3v) is 4.55. The SMILES string of the molecule is C=C(C)C(=O)Oc1ccc(-c2ccc(OC(=O)C(=C)C)cc2OC(=O)C(C)C)c(OC(=O)C(=C)C)c1. The van der Waals surface area contributed by atoms with E-state index in [0.29, 0.717) is 11.1 Å². The van der Waals surface area contributed by atoms with E-state index in [9.17, 15) is 19.2 Å². The summed E-state index contributed by atoms with van der Waals surface area (Å²) in [5, 5.41) is 0. The average Bonchev–Trinajstić information content (AvgIpc) is 2.79. The summed E-state index contributed by atoms with van der Waals surface area (Å²) in [5.74, 6) is -2.72. The third kappa shape index (κ3) is 7.27. The molecule has 0 unspecified atom stereocenters. The van der Waals surface area contributed by atoms with E-state index in [1.807, 2.05) is 0 Å². The summed E-state index contributed by atoms with van der Waals surface area (Å²) >= 11 is 0. The maximum atomic E-state index is 12.4. The zero-order valence-electron chi connectivity index (χ0n) is 20.9. The number of hydrogen-bond acceptors (Lipinski definition) is 8. The topological polar surface area (TPSA) is 105 Å². The molecule has 0 bridgehead atoms. The predicted octanol–water partition coefficient (Wildman–Crippen LogP) is 5.36. The van der Waals surface area contributed by atoms with E-state index in [0.717, 1.165) is 0 Å². The van der Waals surface area contributed by atoms with E-state index in [1.165, 1.54) is 57.2 Å². The van der Waals surface area contributed by atoms with Gasteiger partial charge in [0.1, 0.15) is 23.0 Å². The molecule has 0 amide bonds. The minimum atomic E-state index is -0.715. The van der Waals surface area contributed by atoms with Gasteiger partial charge in [0.15, 0.2) is 0 Å². The summed E-state index contributed by atoms with van der Waals surface area (Å²) < 4.78 is 21.6. The monoisotopic (exact) mass is 492 g/mol. The lowest BCUT2D eigenvalue weighted by Gasteiger charge is -2.17. The van der Waals surface area contributed by atoms with Crippen LogP contribution in [0.15, 0.2) is 72.9 Å². The van der Waals surface area contributed by atoms with Crippen molar-refractivity contribution in [1.29, 1.82) is 0 Å². The largest absolute Gasteiger partial charge is 0.426 e. The second-order valence-corrected chi connectivity index (χ2v) is 8.40. The first-order valence-corrected chi connectivity index (χ1v) is 10.9. The van der Waals surface area contributed by atoms with E-state index in [4.69, 9.17) is 18.9 Å². The molecule has 36 heavy (non-hydrogen) atoms. The van der Waals surface area contributed by atoms with Crippen LogP contribution in [0, 0.1) is 5.92 Å². The summed E-state index contributed by atoms with van der Waals surface area (Å²) in [5.41, 5.74) is 1.19. The Morgan fingerprint density at radius 3 is 1.33 bits per heavy atom. The lowest BCUT2D eigenvalue weighted by molar-refractivity contribution is -0.137. The molecule has 0 spiro atoms. The number of rotatable bonds is 9. The van der Waals surface area contributed by atoms with Crippen molar-refractivity contribution in [3.8, 4) is 34.1 Å². The number of hydrogen-bond donors (Lipinski definition) is 0. The first-order valence-electron chi connectivity index (χ1n) is 10.9. The molecule has 8 heteroatoms. The lowest BCUT2D eigenvalue weighted by Crippen LogP contribution is -2.16. The molecule has 0 saturated heterocycles. The minimum absolute atomic E-state index is 0.0172. The first-order chi connectivity index (χ1) is 16.8. The number of esters is 4. The van der Waals surface area contributed by atoms with E-state index < -0.39 is 29.8 Å². The molecule has 2 aromatic rings. The Labute approximate surface area is 209 Å². The zero-order chi connectivity index (χ0) is 27.2. The highest BCUT2D eigenvalue weighted by atomic mass is 16.6. The van der Waals surface area contributed by atoms with Crippen LogP contribution in [0.4, 0.5) is 0 Å². The van der Waals surface area contributed by atoms with Crippen LogP contribution in [0.5, 0.6) is 23.0 Å². The van der Waals surface area contributed by atoms with Gasteiger partial charge in [-0.1, -0.05) is 33.6 Å². The van der Waals surface area contributed by atoms with Gasteiger partial charge in [0.25, 0.3) is 0 Å². The van der Waals surface area contributed by atoms with Gasteiger partial charge >= 0.3 is 23.9 Å². The Bertz CT molecular complexity index is 1270. The van der Waals surface area contributed by atoms with E-state index in [1.54, 1.807) is 13.8 Å². The standard InChI is InChI=1S/C28H28O8/c1-15(2)25(29)33-19-9-11-21(23(13-19)35-27(31)17(5)6)22-12-10-20(34-26(30)16(3)4)14-24(22)36-28(32)18(7)8/h9-14,18H,1,3,5H2,2,4,6-8H3. The van der Waals surface area contributed by atoms with Gasteiger partial charge in [-0.2, -0.15) is 0 Å². The number of benzene rings is 2. The average molecular weight is 493 g/mol. The lowest BCUT2D eigenvalue weighted by atomic mass is 10.0. The summed E-state index contributed by atoms with van der Waals surface area (Å²) in [6.07, 6.45) is 0. The predicted molar refractivity (Wildman–Crippen MR) is 134 cm³/mol. The molecule has 0 aliphatic heterocycles. The molecule has 0 heterocycles. The quantitative estimate of drug-likeness (QED) is 0.262. The van der Waals surface area contributed by atoms with Gasteiger partial charge in [-0.15, -0.1) is 0 Å². The Kier molecular flexibility index (Phi) is 9.10. The Balaban J connectivity index is 2.66. The molecule has 188 valence electrons. The van der Waals surface area contributed by atoms with E-state index >= 15 is 0 Å². The fraction of sp³-hybridized carbons (Fsp3) is 0.214. The van der Waals surface area contributed by atoms with Crippen LogP contribution >= 0.6 is 0 Å². The molecule has 0 aromatic heterocycles. The highest BCUT2D eigenvalue weighted by molar-refractivity contribution is 5.92. The molecular weight excluding hydrogens is 464 g/mol. The Morgan fingerprint density at radius 2 is 0.972 bits per heavy atom. The van der Waals surface area contributed by atoms with E-state index in [-0.39, 0.29) is 39.7 Å². The van der Waals surface area contributed by atoms with Crippen molar-refractivity contribution in [3.05, 3.63) is 72.9 Å². The van der Waals surface area contributed by atoms with Gasteiger partial charge in [0, 0.05) is 40.0 Å². The highest BCUT2D eigenvalue weighted by Gasteiger charge is 2.21. The van der Waals surface area contributed by atoms with Gasteiger partial charge in [-0.25, -0.2) is 14.4 Å². The fourth-order valence-electron chi connectivity index (χ4n) is 2.55. The summed E-state index contributed by atoms with van der Waals surface area (Å²) in [7, 11) is 0. The third-order valence-electron chi connectivity index (χ3n) is 4.55. The van der Waals surface area contributed by atoms with Crippen molar-refractivity contribution in [2.75, 3.05) is 0 Å². The Hall–Kier alpha value is -4.46. The summed E-state index contributed by atoms with van der Waals surface area (Å²) in [6, 6.07) is 8.76. The van der Waals surface area contributed by atoms with Crippen LogP contribution in [-0.4, -0.2) is 23.9 Å². The maximum absolute atomic E-state index is 12.4. The van der Waals surface area contributed by atoms with Gasteiger partial charge in [0.2, 0.25) is 0 Å². The van der Waals surface area contributed by atoms with Crippen LogP contribution in [0.2, 0.25) is 0 Å². The molecular formula is C28H28O8. The van der Waals surface area contributed by atoms with E-state index in [2.05, 4.69) is 19.7 Å². The molecule has 2 aromatic carbocycles. The molecule has 0 atom stereocenters. The van der Waals surface area contributed by atoms with Crippen molar-refractivity contribution < 1.29 is 38.1 Å². The van der Waals surface area contributed by atoms with Gasteiger partial charge in [-0.05, 0) is 45.0 Å². The molecule has 0 fully saturated rings. The Morgan fingerprint density at radius 1 is 0.611 bits per heavy atom. The normalized spacial score (nSPS) is 10.3. The number of carbonyl (C=O) groups is 4. The summed E-state index contributed by atoms with van der Waals surface area (Å²) in [6.45, 7) is 18.5. The second-order valence-electron chi connectivity index (χ2n) is 8.40. The van der Waals surface area contributed by atoms with Crippen LogP contribution in [-0.2, 0) is 19.2 Å². The molecule has 0 aliphatic rings. The van der Waals surface area contributed by atoms with Crippen molar-refractivity contribution in [1.82, 2.24) is 0 Å². The highest BCUT2D eigenvalue weighted by Crippen LogP contribution is 2.41. The second kappa shape index (κ2) is 11.8. The molecule has 2 rings (SSSR count). The maximum Gasteiger partial charge on any atom is 0.338 e. The number of carbonyl (C=O) groups excluding carboxylic acids is 4. The number of ether oxygens (including phenoxy) is 4. The van der Waals surface area contributed by atoms with Crippen molar-refractivity contribution >= 4 is 23.9 Å². The smallest absolute Gasteiger partial charge is 0.338 e. The zero-order valence-corrected chi connectivity index (χ0v) is 20.9. The van der Waals surface area contributed by atoms with Crippen molar-refractivity contribution in [2.45, 2.75) is 34.6 Å². The molecule has 8 nitrogen and oxygen atoms in total. The molecule has 0 aliphatic carbocycles. The molecule has 0 radical (unpaired) electrons. The van der Waals surface area contributed by atoms with Crippen LogP contribution in [0.25, 0.3) is 11.1 Å². The van der Waals surface area contributed by atoms with Crippen molar-refractivity contribution in [2.24, 2.45) is 5.92 Å². The van der Waals surface area contributed by atoms with Crippen LogP contribution in [0.1, 0.15) is 34.6 Å². The fourth-order valence-corrected chi connectivity index (χ4v) is 2.55. The van der Waals surface area contributed by atoms with Gasteiger partial charge < -0.3 is 18.9 Å². The molecule has 0 saturated carbocycles. The minimum Gasteiger partial charge on any atom is -0.426 e. The molecule has 0 N–H and O–H groups in total. The van der Waals surface area contributed by atoms with Gasteiger partial charge in [-0.3, -0.25) is 4.79 Å². The first kappa shape index (κ1) is 27.8.